The number of piperidine rings is 1. The fourth-order valence-electron chi connectivity index (χ4n) is 4.97. The predicted octanol–water partition coefficient (Wildman–Crippen LogP) is 5.58. The zero-order chi connectivity index (χ0) is 26.5. The van der Waals surface area contributed by atoms with Crippen LogP contribution in [-0.4, -0.2) is 36.9 Å². The third-order valence-electron chi connectivity index (χ3n) is 7.22. The largest absolute Gasteiger partial charge is 0.497 e. The fourth-order valence-corrected chi connectivity index (χ4v) is 4.97. The lowest BCUT2D eigenvalue weighted by atomic mass is 10.0. The Balaban J connectivity index is 1.25. The van der Waals surface area contributed by atoms with Crippen LogP contribution >= 0.6 is 0 Å². The van der Waals surface area contributed by atoms with Crippen LogP contribution in [0.4, 0.5) is 11.4 Å². The van der Waals surface area contributed by atoms with Crippen LogP contribution in [0.25, 0.3) is 5.57 Å². The van der Waals surface area contributed by atoms with E-state index in [2.05, 4.69) is 33.0 Å². The van der Waals surface area contributed by atoms with E-state index in [0.717, 1.165) is 23.5 Å². The van der Waals surface area contributed by atoms with Crippen LogP contribution in [0.15, 0.2) is 72.9 Å². The molecule has 1 saturated heterocycles. The summed E-state index contributed by atoms with van der Waals surface area (Å²) in [6.45, 7) is 5.24. The monoisotopic (exact) mass is 510 g/mol. The van der Waals surface area contributed by atoms with Gasteiger partial charge in [0.05, 0.1) is 18.7 Å². The molecule has 3 aromatic rings. The fraction of sp³-hybridized carbons (Fsp3) is 0.290. The molecular formula is C31H34N4O3. The van der Waals surface area contributed by atoms with E-state index in [-0.39, 0.29) is 17.9 Å². The van der Waals surface area contributed by atoms with Crippen molar-refractivity contribution in [2.45, 2.75) is 38.8 Å². The number of rotatable bonds is 8. The van der Waals surface area contributed by atoms with Gasteiger partial charge in [-0.2, -0.15) is 0 Å². The Morgan fingerprint density at radius 2 is 1.76 bits per heavy atom. The van der Waals surface area contributed by atoms with Gasteiger partial charge in [-0.1, -0.05) is 30.7 Å². The molecule has 7 nitrogen and oxygen atoms in total. The lowest BCUT2D eigenvalue weighted by Crippen LogP contribution is -2.29. The normalized spacial score (nSPS) is 17.0. The highest BCUT2D eigenvalue weighted by molar-refractivity contribution is 6.32. The van der Waals surface area contributed by atoms with E-state index < -0.39 is 0 Å². The molecule has 3 N–H and O–H groups in total. The van der Waals surface area contributed by atoms with Gasteiger partial charge in [-0.05, 0) is 86.4 Å². The number of fused-ring (bicyclic) bond motifs is 1. The van der Waals surface area contributed by atoms with E-state index in [4.69, 9.17) is 4.74 Å². The van der Waals surface area contributed by atoms with Crippen LogP contribution in [-0.2, 0) is 11.3 Å². The van der Waals surface area contributed by atoms with Crippen molar-refractivity contribution in [3.05, 3.63) is 95.2 Å². The Bertz CT molecular complexity index is 1330. The first-order chi connectivity index (χ1) is 18.5. The van der Waals surface area contributed by atoms with Crippen LogP contribution in [0.2, 0.25) is 0 Å². The third-order valence-corrected chi connectivity index (χ3v) is 7.22. The molecule has 38 heavy (non-hydrogen) atoms. The second-order valence-electron chi connectivity index (χ2n) is 9.92. The van der Waals surface area contributed by atoms with Crippen molar-refractivity contribution in [3.8, 4) is 5.75 Å². The first-order valence-corrected chi connectivity index (χ1v) is 13.2. The van der Waals surface area contributed by atoms with Crippen molar-refractivity contribution in [3.63, 3.8) is 0 Å². The Labute approximate surface area is 223 Å². The summed E-state index contributed by atoms with van der Waals surface area (Å²) in [6.07, 6.45) is 5.60. The molecule has 0 aromatic heterocycles. The molecule has 0 spiro atoms. The lowest BCUT2D eigenvalue weighted by molar-refractivity contribution is -0.110. The summed E-state index contributed by atoms with van der Waals surface area (Å²) >= 11 is 0. The summed E-state index contributed by atoms with van der Waals surface area (Å²) in [5, 5.41) is 9.17. The van der Waals surface area contributed by atoms with Crippen molar-refractivity contribution in [1.29, 1.82) is 0 Å². The molecule has 0 radical (unpaired) electrons. The number of nitrogens with one attached hydrogen (secondary N) is 3. The van der Waals surface area contributed by atoms with Gasteiger partial charge in [-0.25, -0.2) is 0 Å². The lowest BCUT2D eigenvalue weighted by Gasteiger charge is -2.26. The first kappa shape index (κ1) is 25.5. The van der Waals surface area contributed by atoms with Gasteiger partial charge < -0.3 is 20.7 Å². The minimum absolute atomic E-state index is 0.184. The smallest absolute Gasteiger partial charge is 0.257 e. The molecule has 2 heterocycles. The van der Waals surface area contributed by atoms with Gasteiger partial charge in [0.2, 0.25) is 0 Å². The van der Waals surface area contributed by atoms with Gasteiger partial charge in [0.1, 0.15) is 5.75 Å². The summed E-state index contributed by atoms with van der Waals surface area (Å²) in [5.41, 5.74) is 5.55. The Kier molecular flexibility index (Phi) is 7.75. The molecule has 0 unspecified atom stereocenters. The van der Waals surface area contributed by atoms with E-state index in [0.29, 0.717) is 22.4 Å². The van der Waals surface area contributed by atoms with E-state index in [1.54, 1.807) is 31.5 Å². The number of ether oxygens (including phenoxy) is 1. The van der Waals surface area contributed by atoms with Crippen LogP contribution in [0.1, 0.15) is 59.3 Å². The molecular weight excluding hydrogens is 476 g/mol. The van der Waals surface area contributed by atoms with E-state index in [9.17, 15) is 9.59 Å². The topological polar surface area (TPSA) is 82.7 Å². The minimum Gasteiger partial charge on any atom is -0.497 e. The van der Waals surface area contributed by atoms with Crippen molar-refractivity contribution in [2.24, 2.45) is 0 Å². The van der Waals surface area contributed by atoms with Crippen molar-refractivity contribution in [1.82, 2.24) is 10.2 Å². The number of hydrogen-bond donors (Lipinski definition) is 3. The van der Waals surface area contributed by atoms with Gasteiger partial charge in [0.15, 0.2) is 0 Å². The standard InChI is InChI=1S/C31H34N4O3/c1-21(23-8-13-26(38-2)14-9-23)33-30(36)24-10-15-29-27(18-24)28(31(37)34-29)19-32-25-11-6-22(7-12-25)20-35-16-4-3-5-17-35/h6-15,18-19,21,32H,3-5,16-17,20H2,1-2H3,(H,33,36)(H,34,37)/b28-19-/t21-/m1/s1. The maximum atomic E-state index is 13.0. The average molecular weight is 511 g/mol. The van der Waals surface area contributed by atoms with E-state index in [1.807, 2.05) is 43.3 Å². The predicted molar refractivity (Wildman–Crippen MR) is 151 cm³/mol. The van der Waals surface area contributed by atoms with Crippen molar-refractivity contribution in [2.75, 3.05) is 30.8 Å². The number of anilines is 2. The van der Waals surface area contributed by atoms with Gasteiger partial charge in [0.25, 0.3) is 11.8 Å². The highest BCUT2D eigenvalue weighted by atomic mass is 16.5. The van der Waals surface area contributed by atoms with Crippen LogP contribution < -0.4 is 20.7 Å². The zero-order valence-corrected chi connectivity index (χ0v) is 21.9. The maximum absolute atomic E-state index is 13.0. The zero-order valence-electron chi connectivity index (χ0n) is 21.9. The number of hydrogen-bond acceptors (Lipinski definition) is 5. The van der Waals surface area contributed by atoms with Gasteiger partial charge in [0, 0.05) is 35.2 Å². The Morgan fingerprint density at radius 1 is 1.03 bits per heavy atom. The molecule has 1 fully saturated rings. The number of carbonyl (C=O) groups is 2. The maximum Gasteiger partial charge on any atom is 0.257 e. The number of benzene rings is 3. The van der Waals surface area contributed by atoms with Crippen LogP contribution in [0, 0.1) is 0 Å². The summed E-state index contributed by atoms with van der Waals surface area (Å²) < 4.78 is 5.21. The number of amides is 2. The van der Waals surface area contributed by atoms with E-state index >= 15 is 0 Å². The number of methoxy groups -OCH3 is 1. The summed E-state index contributed by atoms with van der Waals surface area (Å²) in [6, 6.07) is 21.0. The molecule has 0 aliphatic carbocycles. The highest BCUT2D eigenvalue weighted by Crippen LogP contribution is 2.33. The Hall–Kier alpha value is -4.10. The number of likely N-dealkylation sites (tertiary alicyclic amines) is 1. The molecule has 1 atom stereocenters. The average Bonchev–Trinajstić information content (AvgIpc) is 3.27. The molecule has 2 aliphatic heterocycles. The molecule has 0 bridgehead atoms. The minimum atomic E-state index is -0.202. The van der Waals surface area contributed by atoms with Gasteiger partial charge in [-0.3, -0.25) is 14.5 Å². The second kappa shape index (κ2) is 11.5. The number of nitrogens with zero attached hydrogens (tertiary/aromatic N) is 1. The van der Waals surface area contributed by atoms with Crippen LogP contribution in [0.5, 0.6) is 5.75 Å². The molecule has 3 aromatic carbocycles. The quantitative estimate of drug-likeness (QED) is 0.345. The molecule has 0 saturated carbocycles. The molecule has 2 amide bonds. The Morgan fingerprint density at radius 3 is 2.47 bits per heavy atom. The van der Waals surface area contributed by atoms with E-state index in [1.165, 1.54) is 37.9 Å². The third kappa shape index (κ3) is 5.89. The van der Waals surface area contributed by atoms with Crippen molar-refractivity contribution >= 4 is 28.8 Å². The molecule has 5 rings (SSSR count). The highest BCUT2D eigenvalue weighted by Gasteiger charge is 2.25. The number of carbonyl (C=O) groups excluding carboxylic acids is 2. The molecule has 2 aliphatic rings. The summed E-state index contributed by atoms with van der Waals surface area (Å²) in [5.74, 6) is 0.370. The first-order valence-electron chi connectivity index (χ1n) is 13.2. The summed E-state index contributed by atoms with van der Waals surface area (Å²) in [4.78, 5) is 28.2. The van der Waals surface area contributed by atoms with Gasteiger partial charge in [-0.15, -0.1) is 0 Å². The molecule has 196 valence electrons. The SMILES string of the molecule is COc1ccc([C@@H](C)NC(=O)c2ccc3c(c2)/C(=C/Nc2ccc(CN4CCCCC4)cc2)C(=O)N3)cc1. The van der Waals surface area contributed by atoms with Crippen molar-refractivity contribution < 1.29 is 14.3 Å². The van der Waals surface area contributed by atoms with Gasteiger partial charge >= 0.3 is 0 Å². The molecule has 7 heteroatoms. The summed E-state index contributed by atoms with van der Waals surface area (Å²) in [7, 11) is 1.62. The second-order valence-corrected chi connectivity index (χ2v) is 9.92. The van der Waals surface area contributed by atoms with Crippen LogP contribution in [0.3, 0.4) is 0 Å².